The highest BCUT2D eigenvalue weighted by atomic mass is 127. The van der Waals surface area contributed by atoms with Gasteiger partial charge in [-0.25, -0.2) is 4.98 Å². The zero-order chi connectivity index (χ0) is 19.0. The van der Waals surface area contributed by atoms with E-state index in [2.05, 4.69) is 32.4 Å². The Hall–Kier alpha value is -0.620. The Kier molecular flexibility index (Phi) is 10.9. The van der Waals surface area contributed by atoms with Gasteiger partial charge in [-0.2, -0.15) is 13.2 Å². The molecule has 5 nitrogen and oxygen atoms in total. The summed E-state index contributed by atoms with van der Waals surface area (Å²) >= 11 is 1.04. The van der Waals surface area contributed by atoms with E-state index in [0.29, 0.717) is 30.5 Å². The fourth-order valence-electron chi connectivity index (χ4n) is 2.98. The number of nitrogens with one attached hydrogen (secondary N) is 2. The van der Waals surface area contributed by atoms with E-state index in [4.69, 9.17) is 0 Å². The minimum atomic E-state index is -4.37. The number of hydrogen-bond acceptors (Lipinski definition) is 4. The van der Waals surface area contributed by atoms with Gasteiger partial charge in [-0.3, -0.25) is 4.99 Å². The number of likely N-dealkylation sites (tertiary alicyclic amines) is 1. The summed E-state index contributed by atoms with van der Waals surface area (Å²) < 4.78 is 37.7. The third-order valence-electron chi connectivity index (χ3n) is 4.24. The quantitative estimate of drug-likeness (QED) is 0.329. The lowest BCUT2D eigenvalue weighted by Crippen LogP contribution is -2.40. The lowest BCUT2D eigenvalue weighted by atomic mass is 10.0. The molecule has 156 valence electrons. The molecular weight excluding hydrogens is 490 g/mol. The van der Waals surface area contributed by atoms with E-state index in [9.17, 15) is 13.2 Å². The summed E-state index contributed by atoms with van der Waals surface area (Å²) in [6, 6.07) is 0. The van der Waals surface area contributed by atoms with Gasteiger partial charge in [-0.05, 0) is 32.2 Å². The average Bonchev–Trinajstić information content (AvgIpc) is 3.04. The van der Waals surface area contributed by atoms with Crippen LogP contribution in [0.5, 0.6) is 0 Å². The normalized spacial score (nSPS) is 18.9. The number of hydrogen-bond donors (Lipinski definition) is 2. The van der Waals surface area contributed by atoms with Crippen LogP contribution in [0.2, 0.25) is 0 Å². The summed E-state index contributed by atoms with van der Waals surface area (Å²) in [5.41, 5.74) is -0.811. The van der Waals surface area contributed by atoms with Crippen molar-refractivity contribution in [2.45, 2.75) is 39.3 Å². The van der Waals surface area contributed by atoms with Crippen molar-refractivity contribution in [3.63, 3.8) is 0 Å². The molecule has 1 fully saturated rings. The van der Waals surface area contributed by atoms with Gasteiger partial charge in [0.25, 0.3) is 0 Å². The maximum atomic E-state index is 12.6. The number of aliphatic imine (C=N–C) groups is 1. The molecule has 0 radical (unpaired) electrons. The number of guanidine groups is 1. The third kappa shape index (κ3) is 8.95. The van der Waals surface area contributed by atoms with Gasteiger partial charge in [-0.1, -0.05) is 6.92 Å². The summed E-state index contributed by atoms with van der Waals surface area (Å²) in [5, 5.41) is 7.88. The highest BCUT2D eigenvalue weighted by Crippen LogP contribution is 2.29. The van der Waals surface area contributed by atoms with Gasteiger partial charge in [0.1, 0.15) is 0 Å². The molecule has 0 saturated carbocycles. The predicted molar refractivity (Wildman–Crippen MR) is 115 cm³/mol. The summed E-state index contributed by atoms with van der Waals surface area (Å²) in [6.45, 7) is 9.41. The number of piperidine rings is 1. The SMILES string of the molecule is CCNC(=NCCN1CCCC(C)C1)NCCc1nc(C(F)(F)F)cs1.I. The number of alkyl halides is 3. The van der Waals surface area contributed by atoms with Crippen LogP contribution in [-0.4, -0.2) is 55.1 Å². The zero-order valence-corrected chi connectivity index (χ0v) is 19.0. The lowest BCUT2D eigenvalue weighted by Gasteiger charge is -2.30. The van der Waals surface area contributed by atoms with Crippen LogP contribution in [0.1, 0.15) is 37.4 Å². The zero-order valence-electron chi connectivity index (χ0n) is 15.8. The van der Waals surface area contributed by atoms with E-state index >= 15 is 0 Å². The minimum Gasteiger partial charge on any atom is -0.357 e. The molecule has 0 aliphatic carbocycles. The first kappa shape index (κ1) is 24.4. The van der Waals surface area contributed by atoms with Crippen molar-refractivity contribution >= 4 is 41.3 Å². The molecule has 2 rings (SSSR count). The number of rotatable bonds is 7. The van der Waals surface area contributed by atoms with Gasteiger partial charge in [0.2, 0.25) is 0 Å². The van der Waals surface area contributed by atoms with Crippen LogP contribution < -0.4 is 10.6 Å². The Labute approximate surface area is 180 Å². The fourth-order valence-corrected chi connectivity index (χ4v) is 3.78. The molecule has 2 N–H and O–H groups in total. The molecule has 0 aromatic carbocycles. The molecule has 1 saturated heterocycles. The second-order valence-corrected chi connectivity index (χ2v) is 7.55. The van der Waals surface area contributed by atoms with Gasteiger partial charge < -0.3 is 15.5 Å². The monoisotopic (exact) mass is 519 g/mol. The van der Waals surface area contributed by atoms with Gasteiger partial charge >= 0.3 is 6.18 Å². The van der Waals surface area contributed by atoms with Crippen molar-refractivity contribution in [3.05, 3.63) is 16.1 Å². The summed E-state index contributed by atoms with van der Waals surface area (Å²) in [5.74, 6) is 1.45. The molecule has 2 heterocycles. The Morgan fingerprint density at radius 2 is 2.19 bits per heavy atom. The van der Waals surface area contributed by atoms with Crippen molar-refractivity contribution in [1.29, 1.82) is 0 Å². The van der Waals surface area contributed by atoms with Crippen molar-refractivity contribution in [3.8, 4) is 0 Å². The van der Waals surface area contributed by atoms with E-state index in [1.54, 1.807) is 0 Å². The van der Waals surface area contributed by atoms with Crippen LogP contribution in [-0.2, 0) is 12.6 Å². The van der Waals surface area contributed by atoms with E-state index in [1.165, 1.54) is 12.8 Å². The predicted octanol–water partition coefficient (Wildman–Crippen LogP) is 3.61. The molecule has 0 spiro atoms. The van der Waals surface area contributed by atoms with Crippen molar-refractivity contribution in [2.24, 2.45) is 10.9 Å². The first-order valence-electron chi connectivity index (χ1n) is 9.14. The van der Waals surface area contributed by atoms with E-state index < -0.39 is 11.9 Å². The first-order chi connectivity index (χ1) is 12.4. The van der Waals surface area contributed by atoms with Gasteiger partial charge in [0.15, 0.2) is 11.7 Å². The van der Waals surface area contributed by atoms with Crippen LogP contribution in [0.3, 0.4) is 0 Å². The fraction of sp³-hybridized carbons (Fsp3) is 0.765. The smallest absolute Gasteiger partial charge is 0.357 e. The van der Waals surface area contributed by atoms with Crippen molar-refractivity contribution < 1.29 is 13.2 Å². The maximum absolute atomic E-state index is 12.6. The Balaban J connectivity index is 0.00000364. The Morgan fingerprint density at radius 1 is 1.41 bits per heavy atom. The molecule has 0 bridgehead atoms. The minimum absolute atomic E-state index is 0. The third-order valence-corrected chi connectivity index (χ3v) is 5.15. The van der Waals surface area contributed by atoms with Gasteiger partial charge in [0, 0.05) is 38.0 Å². The summed E-state index contributed by atoms with van der Waals surface area (Å²) in [4.78, 5) is 10.6. The van der Waals surface area contributed by atoms with Gasteiger partial charge in [-0.15, -0.1) is 35.3 Å². The number of thiazole rings is 1. The van der Waals surface area contributed by atoms with Crippen LogP contribution in [0.4, 0.5) is 13.2 Å². The van der Waals surface area contributed by atoms with Crippen LogP contribution in [0.25, 0.3) is 0 Å². The summed E-state index contributed by atoms with van der Waals surface area (Å²) in [6.07, 6.45) is -1.38. The van der Waals surface area contributed by atoms with Crippen LogP contribution in [0.15, 0.2) is 10.4 Å². The van der Waals surface area contributed by atoms with Gasteiger partial charge in [0.05, 0.1) is 11.6 Å². The summed E-state index contributed by atoms with van der Waals surface area (Å²) in [7, 11) is 0. The molecule has 1 aliphatic rings. The maximum Gasteiger partial charge on any atom is 0.434 e. The molecule has 0 amide bonds. The van der Waals surface area contributed by atoms with Crippen molar-refractivity contribution in [2.75, 3.05) is 39.3 Å². The molecule has 1 aliphatic heterocycles. The molecule has 1 aromatic rings. The Bertz CT molecular complexity index is 579. The molecule has 1 aromatic heterocycles. The number of aromatic nitrogens is 1. The molecular formula is C17H29F3IN5S. The van der Waals surface area contributed by atoms with Crippen LogP contribution >= 0.6 is 35.3 Å². The van der Waals surface area contributed by atoms with E-state index in [0.717, 1.165) is 48.8 Å². The topological polar surface area (TPSA) is 52.6 Å². The van der Waals surface area contributed by atoms with E-state index in [1.807, 2.05) is 6.92 Å². The highest BCUT2D eigenvalue weighted by molar-refractivity contribution is 14.0. The Morgan fingerprint density at radius 3 is 2.81 bits per heavy atom. The first-order valence-corrected chi connectivity index (χ1v) is 10.0. The standard InChI is InChI=1S/C17H28F3N5S.HI/c1-3-21-16(23-8-10-25-9-4-5-13(2)11-25)22-7-6-15-24-14(12-26-15)17(18,19)20;/h12-13H,3-11H2,1-2H3,(H2,21,22,23);1H. The second kappa shape index (κ2) is 12.1. The average molecular weight is 519 g/mol. The van der Waals surface area contributed by atoms with E-state index in [-0.39, 0.29) is 24.0 Å². The second-order valence-electron chi connectivity index (χ2n) is 6.61. The molecule has 10 heteroatoms. The number of halogens is 4. The lowest BCUT2D eigenvalue weighted by molar-refractivity contribution is -0.140. The van der Waals surface area contributed by atoms with Crippen LogP contribution in [0, 0.1) is 5.92 Å². The highest BCUT2D eigenvalue weighted by Gasteiger charge is 2.33. The molecule has 1 atom stereocenters. The largest absolute Gasteiger partial charge is 0.434 e. The van der Waals surface area contributed by atoms with Crippen molar-refractivity contribution in [1.82, 2.24) is 20.5 Å². The molecule has 1 unspecified atom stereocenters. The number of nitrogens with zero attached hydrogens (tertiary/aromatic N) is 3. The molecule has 27 heavy (non-hydrogen) atoms.